The number of hydrogen-bond donors (Lipinski definition) is 1. The first kappa shape index (κ1) is 21.3. The van der Waals surface area contributed by atoms with Gasteiger partial charge in [-0.1, -0.05) is 29.8 Å². The molecule has 0 bridgehead atoms. The SMILES string of the molecule is COc1ccccc1C(=O)N(Cc1cccnc1)Cc1cc2cc(C)cc(C)c2[nH]c1=O. The molecule has 4 aromatic rings. The van der Waals surface area contributed by atoms with Gasteiger partial charge in [-0.05, 0) is 60.7 Å². The summed E-state index contributed by atoms with van der Waals surface area (Å²) in [5, 5.41) is 0.947. The Balaban J connectivity index is 1.76. The molecule has 162 valence electrons. The molecule has 0 unspecified atom stereocenters. The van der Waals surface area contributed by atoms with E-state index < -0.39 is 0 Å². The Kier molecular flexibility index (Phi) is 6.03. The van der Waals surface area contributed by atoms with Crippen LogP contribution < -0.4 is 10.3 Å². The van der Waals surface area contributed by atoms with Gasteiger partial charge in [0.1, 0.15) is 5.75 Å². The Morgan fingerprint density at radius 1 is 1.06 bits per heavy atom. The fourth-order valence-electron chi connectivity index (χ4n) is 3.96. The molecule has 0 radical (unpaired) electrons. The Hall–Kier alpha value is -3.93. The van der Waals surface area contributed by atoms with Crippen LogP contribution in [0.2, 0.25) is 0 Å². The number of nitrogens with zero attached hydrogens (tertiary/aromatic N) is 2. The summed E-state index contributed by atoms with van der Waals surface area (Å²) >= 11 is 0. The summed E-state index contributed by atoms with van der Waals surface area (Å²) in [6.07, 6.45) is 3.41. The van der Waals surface area contributed by atoms with E-state index in [0.717, 1.165) is 27.6 Å². The summed E-state index contributed by atoms with van der Waals surface area (Å²) in [6, 6.07) is 16.8. The summed E-state index contributed by atoms with van der Waals surface area (Å²) in [5.41, 5.74) is 4.59. The van der Waals surface area contributed by atoms with Crippen LogP contribution in [0.5, 0.6) is 5.75 Å². The number of rotatable bonds is 6. The van der Waals surface area contributed by atoms with E-state index in [2.05, 4.69) is 9.97 Å². The van der Waals surface area contributed by atoms with E-state index in [1.807, 2.05) is 50.2 Å². The number of amides is 1. The van der Waals surface area contributed by atoms with Gasteiger partial charge < -0.3 is 14.6 Å². The molecule has 0 fully saturated rings. The zero-order valence-corrected chi connectivity index (χ0v) is 18.4. The largest absolute Gasteiger partial charge is 0.496 e. The molecule has 2 aromatic carbocycles. The molecule has 0 aliphatic rings. The van der Waals surface area contributed by atoms with Crippen LogP contribution in [0.4, 0.5) is 0 Å². The van der Waals surface area contributed by atoms with Crippen molar-refractivity contribution in [3.05, 3.63) is 105 Å². The van der Waals surface area contributed by atoms with Crippen molar-refractivity contribution < 1.29 is 9.53 Å². The average molecular weight is 428 g/mol. The molecule has 2 heterocycles. The lowest BCUT2D eigenvalue weighted by atomic mass is 10.0. The van der Waals surface area contributed by atoms with Crippen molar-refractivity contribution in [3.8, 4) is 5.75 Å². The number of carbonyl (C=O) groups excluding carboxylic acids is 1. The van der Waals surface area contributed by atoms with Crippen LogP contribution in [0.25, 0.3) is 10.9 Å². The molecule has 6 nitrogen and oxygen atoms in total. The number of nitrogens with one attached hydrogen (secondary N) is 1. The topological polar surface area (TPSA) is 75.3 Å². The maximum Gasteiger partial charge on any atom is 0.258 e. The number of fused-ring (bicyclic) bond motifs is 1. The first-order chi connectivity index (χ1) is 15.5. The molecule has 6 heteroatoms. The molecule has 1 N–H and O–H groups in total. The zero-order chi connectivity index (χ0) is 22.7. The van der Waals surface area contributed by atoms with Gasteiger partial charge in [-0.2, -0.15) is 0 Å². The normalized spacial score (nSPS) is 10.8. The minimum absolute atomic E-state index is 0.157. The van der Waals surface area contributed by atoms with Crippen LogP contribution in [0.1, 0.15) is 32.6 Å². The zero-order valence-electron chi connectivity index (χ0n) is 18.4. The number of carbonyl (C=O) groups is 1. The van der Waals surface area contributed by atoms with Gasteiger partial charge in [0.15, 0.2) is 0 Å². The first-order valence-electron chi connectivity index (χ1n) is 10.4. The van der Waals surface area contributed by atoms with Crippen LogP contribution in [-0.4, -0.2) is 27.9 Å². The number of hydrogen-bond acceptors (Lipinski definition) is 4. The standard InChI is InChI=1S/C26H25N3O3/c1-17-11-18(2)24-20(12-17)13-21(25(30)28-24)16-29(15-19-7-6-10-27-14-19)26(31)22-8-4-5-9-23(22)32-3/h4-14H,15-16H2,1-3H3,(H,28,30). The molecule has 4 rings (SSSR count). The van der Waals surface area contributed by atoms with Crippen molar-refractivity contribution >= 4 is 16.8 Å². The van der Waals surface area contributed by atoms with Crippen LogP contribution in [0.3, 0.4) is 0 Å². The molecule has 2 aromatic heterocycles. The maximum atomic E-state index is 13.5. The van der Waals surface area contributed by atoms with Crippen molar-refractivity contribution in [1.29, 1.82) is 0 Å². The molecule has 32 heavy (non-hydrogen) atoms. The Morgan fingerprint density at radius 2 is 1.88 bits per heavy atom. The summed E-state index contributed by atoms with van der Waals surface area (Å²) in [6.45, 7) is 4.47. The van der Waals surface area contributed by atoms with Gasteiger partial charge in [0.05, 0.1) is 24.7 Å². The van der Waals surface area contributed by atoms with Gasteiger partial charge >= 0.3 is 0 Å². The quantitative estimate of drug-likeness (QED) is 0.495. The lowest BCUT2D eigenvalue weighted by Gasteiger charge is -2.24. The van der Waals surface area contributed by atoms with Crippen molar-refractivity contribution in [2.45, 2.75) is 26.9 Å². The number of pyridine rings is 2. The van der Waals surface area contributed by atoms with Crippen LogP contribution in [0, 0.1) is 13.8 Å². The summed E-state index contributed by atoms with van der Waals surface area (Å²) in [5.74, 6) is 0.276. The average Bonchev–Trinajstić information content (AvgIpc) is 2.80. The lowest BCUT2D eigenvalue weighted by Crippen LogP contribution is -2.32. The predicted octanol–water partition coefficient (Wildman–Crippen LogP) is 4.39. The van der Waals surface area contributed by atoms with Gasteiger partial charge in [0.2, 0.25) is 0 Å². The van der Waals surface area contributed by atoms with E-state index in [1.165, 1.54) is 7.11 Å². The van der Waals surface area contributed by atoms with E-state index in [1.54, 1.807) is 35.5 Å². The second-order valence-electron chi connectivity index (χ2n) is 7.89. The molecule has 0 aliphatic heterocycles. The smallest absolute Gasteiger partial charge is 0.258 e. The highest BCUT2D eigenvalue weighted by Gasteiger charge is 2.21. The van der Waals surface area contributed by atoms with E-state index >= 15 is 0 Å². The minimum atomic E-state index is -0.216. The van der Waals surface area contributed by atoms with Gasteiger partial charge in [-0.25, -0.2) is 0 Å². The summed E-state index contributed by atoms with van der Waals surface area (Å²) < 4.78 is 5.40. The van der Waals surface area contributed by atoms with Crippen LogP contribution >= 0.6 is 0 Å². The molecule has 0 atom stereocenters. The Bertz CT molecular complexity index is 1330. The van der Waals surface area contributed by atoms with Gasteiger partial charge in [-0.3, -0.25) is 14.6 Å². The van der Waals surface area contributed by atoms with Crippen LogP contribution in [0.15, 0.2) is 71.8 Å². The maximum absolute atomic E-state index is 13.5. The molecule has 0 saturated heterocycles. The molecular weight excluding hydrogens is 402 g/mol. The number of aryl methyl sites for hydroxylation is 2. The third-order valence-corrected chi connectivity index (χ3v) is 5.45. The lowest BCUT2D eigenvalue weighted by molar-refractivity contribution is 0.0726. The third kappa shape index (κ3) is 4.39. The first-order valence-corrected chi connectivity index (χ1v) is 10.4. The second kappa shape index (κ2) is 9.06. The summed E-state index contributed by atoms with van der Waals surface area (Å²) in [4.78, 5) is 35.2. The number of benzene rings is 2. The molecule has 0 spiro atoms. The Morgan fingerprint density at radius 3 is 2.62 bits per heavy atom. The minimum Gasteiger partial charge on any atom is -0.496 e. The number of aromatic nitrogens is 2. The highest BCUT2D eigenvalue weighted by Crippen LogP contribution is 2.23. The van der Waals surface area contributed by atoms with E-state index in [9.17, 15) is 9.59 Å². The van der Waals surface area contributed by atoms with Crippen molar-refractivity contribution in [2.75, 3.05) is 7.11 Å². The fraction of sp³-hybridized carbons (Fsp3) is 0.192. The number of ether oxygens (including phenoxy) is 1. The monoisotopic (exact) mass is 427 g/mol. The second-order valence-corrected chi connectivity index (χ2v) is 7.89. The van der Waals surface area contributed by atoms with E-state index in [4.69, 9.17) is 4.74 Å². The van der Waals surface area contributed by atoms with Gasteiger partial charge in [-0.15, -0.1) is 0 Å². The molecule has 1 amide bonds. The number of H-pyrrole nitrogens is 1. The van der Waals surface area contributed by atoms with Gasteiger partial charge in [0, 0.05) is 24.5 Å². The number of para-hydroxylation sites is 1. The molecular formula is C26H25N3O3. The molecule has 0 saturated carbocycles. The highest BCUT2D eigenvalue weighted by atomic mass is 16.5. The van der Waals surface area contributed by atoms with E-state index in [-0.39, 0.29) is 18.0 Å². The summed E-state index contributed by atoms with van der Waals surface area (Å²) in [7, 11) is 1.54. The van der Waals surface area contributed by atoms with Gasteiger partial charge in [0.25, 0.3) is 11.5 Å². The Labute approximate surface area is 186 Å². The fourth-order valence-corrected chi connectivity index (χ4v) is 3.96. The van der Waals surface area contributed by atoms with E-state index in [0.29, 0.717) is 23.4 Å². The van der Waals surface area contributed by atoms with Crippen molar-refractivity contribution in [2.24, 2.45) is 0 Å². The molecule has 0 aliphatic carbocycles. The van der Waals surface area contributed by atoms with Crippen molar-refractivity contribution in [3.63, 3.8) is 0 Å². The number of methoxy groups -OCH3 is 1. The highest BCUT2D eigenvalue weighted by molar-refractivity contribution is 5.97. The van der Waals surface area contributed by atoms with Crippen LogP contribution in [-0.2, 0) is 13.1 Å². The number of aromatic amines is 1. The predicted molar refractivity (Wildman–Crippen MR) is 125 cm³/mol. The third-order valence-electron chi connectivity index (χ3n) is 5.45. The van der Waals surface area contributed by atoms with Crippen molar-refractivity contribution in [1.82, 2.24) is 14.9 Å².